The average molecular weight is 400 g/mol. The molecule has 2 fully saturated rings. The van der Waals surface area contributed by atoms with Gasteiger partial charge in [0.1, 0.15) is 0 Å². The van der Waals surface area contributed by atoms with E-state index in [-0.39, 0.29) is 12.1 Å². The highest BCUT2D eigenvalue weighted by atomic mass is 16.5. The Labute approximate surface area is 178 Å². The van der Waals surface area contributed by atoms with Gasteiger partial charge in [0.25, 0.3) is 0 Å². The van der Waals surface area contributed by atoms with Crippen LogP contribution in [0.4, 0.5) is 0 Å². The van der Waals surface area contributed by atoms with Gasteiger partial charge in [-0.3, -0.25) is 4.90 Å². The Hall–Kier alpha value is -2.46. The van der Waals surface area contributed by atoms with Crippen LogP contribution in [-0.2, 0) is 17.7 Å². The van der Waals surface area contributed by atoms with Crippen molar-refractivity contribution in [2.45, 2.75) is 43.5 Å². The average Bonchev–Trinajstić information content (AvgIpc) is 2.76. The van der Waals surface area contributed by atoms with Crippen molar-refractivity contribution < 1.29 is 9.84 Å². The highest BCUT2D eigenvalue weighted by molar-refractivity contribution is 5.63. The van der Waals surface area contributed by atoms with Crippen molar-refractivity contribution in [3.63, 3.8) is 0 Å². The minimum atomic E-state index is -0.666. The molecule has 2 saturated heterocycles. The zero-order valence-corrected chi connectivity index (χ0v) is 17.3. The van der Waals surface area contributed by atoms with Crippen molar-refractivity contribution in [2.24, 2.45) is 0 Å². The topological polar surface area (TPSA) is 32.7 Å². The molecule has 2 aliphatic rings. The van der Waals surface area contributed by atoms with Gasteiger partial charge in [-0.2, -0.15) is 0 Å². The van der Waals surface area contributed by atoms with E-state index >= 15 is 0 Å². The van der Waals surface area contributed by atoms with Crippen LogP contribution in [0.5, 0.6) is 0 Å². The highest BCUT2D eigenvalue weighted by Gasteiger charge is 2.45. The summed E-state index contributed by atoms with van der Waals surface area (Å²) in [5.41, 5.74) is 4.31. The van der Waals surface area contributed by atoms with E-state index in [2.05, 4.69) is 83.8 Å². The maximum Gasteiger partial charge on any atom is 0.0719 e. The first kappa shape index (κ1) is 19.5. The smallest absolute Gasteiger partial charge is 0.0719 e. The summed E-state index contributed by atoms with van der Waals surface area (Å²) < 4.78 is 5.86. The molecular weight excluding hydrogens is 370 g/mol. The molecule has 3 heteroatoms. The molecule has 0 aliphatic carbocycles. The Bertz CT molecular complexity index is 941. The Morgan fingerprint density at radius 2 is 1.30 bits per heavy atom. The van der Waals surface area contributed by atoms with E-state index in [1.165, 1.54) is 22.3 Å². The van der Waals surface area contributed by atoms with E-state index in [4.69, 9.17) is 4.74 Å². The molecule has 1 N–H and O–H groups in total. The number of hydrogen-bond acceptors (Lipinski definition) is 3. The third-order valence-electron chi connectivity index (χ3n) is 6.59. The van der Waals surface area contributed by atoms with E-state index in [0.717, 1.165) is 19.4 Å². The molecule has 3 aromatic carbocycles. The molecule has 3 aromatic rings. The number of benzene rings is 3. The molecule has 0 saturated carbocycles. The molecule has 2 heterocycles. The number of nitrogens with zero attached hydrogens (tertiary/aromatic N) is 1. The summed E-state index contributed by atoms with van der Waals surface area (Å²) in [5.74, 6) is 0. The molecule has 2 unspecified atom stereocenters. The number of rotatable bonds is 5. The van der Waals surface area contributed by atoms with E-state index in [1.54, 1.807) is 0 Å². The molecular formula is C27H29NO2. The molecule has 0 spiro atoms. The fourth-order valence-corrected chi connectivity index (χ4v) is 5.17. The molecule has 2 bridgehead atoms. The van der Waals surface area contributed by atoms with Crippen LogP contribution in [0.1, 0.15) is 24.0 Å². The summed E-state index contributed by atoms with van der Waals surface area (Å²) in [6.45, 7) is 2.35. The van der Waals surface area contributed by atoms with Crippen molar-refractivity contribution in [2.75, 3.05) is 13.2 Å². The van der Waals surface area contributed by atoms with E-state index in [0.29, 0.717) is 19.6 Å². The number of hydrogen-bond donors (Lipinski definition) is 1. The van der Waals surface area contributed by atoms with Crippen LogP contribution < -0.4 is 0 Å². The van der Waals surface area contributed by atoms with Crippen LogP contribution in [-0.4, -0.2) is 40.9 Å². The molecule has 3 nitrogen and oxygen atoms in total. The van der Waals surface area contributed by atoms with Gasteiger partial charge in [0, 0.05) is 25.0 Å². The lowest BCUT2D eigenvalue weighted by Gasteiger charge is -2.52. The normalized spacial score (nSPS) is 26.4. The SMILES string of the molecule is OC1(Cc2ccc(-c3ccccc3)cc2)CC2COCC(C1)N2Cc1ccccc1. The third-order valence-corrected chi connectivity index (χ3v) is 6.59. The molecule has 154 valence electrons. The summed E-state index contributed by atoms with van der Waals surface area (Å²) in [4.78, 5) is 2.55. The maximum atomic E-state index is 11.5. The van der Waals surface area contributed by atoms with Crippen LogP contribution in [0, 0.1) is 0 Å². The second kappa shape index (κ2) is 8.35. The number of morpholine rings is 1. The van der Waals surface area contributed by atoms with E-state index in [9.17, 15) is 5.11 Å². The fourth-order valence-electron chi connectivity index (χ4n) is 5.17. The van der Waals surface area contributed by atoms with Crippen LogP contribution in [0.2, 0.25) is 0 Å². The maximum absolute atomic E-state index is 11.5. The standard InChI is InChI=1S/C27H29NO2/c29-27(15-21-11-13-24(14-12-21)23-9-5-2-6-10-23)16-25-19-30-20-26(17-27)28(25)18-22-7-3-1-4-8-22/h1-14,25-26,29H,15-20H2. The zero-order chi connectivity index (χ0) is 20.4. The minimum Gasteiger partial charge on any atom is -0.389 e. The Balaban J connectivity index is 1.29. The molecule has 0 amide bonds. The molecule has 30 heavy (non-hydrogen) atoms. The molecule has 2 aliphatic heterocycles. The van der Waals surface area contributed by atoms with Crippen LogP contribution >= 0.6 is 0 Å². The predicted molar refractivity (Wildman–Crippen MR) is 120 cm³/mol. The lowest BCUT2D eigenvalue weighted by atomic mass is 9.77. The fraction of sp³-hybridized carbons (Fsp3) is 0.333. The third kappa shape index (κ3) is 4.20. The largest absolute Gasteiger partial charge is 0.389 e. The zero-order valence-electron chi connectivity index (χ0n) is 17.3. The predicted octanol–water partition coefficient (Wildman–Crippen LogP) is 4.69. The number of aliphatic hydroxyl groups is 1. The quantitative estimate of drug-likeness (QED) is 0.676. The monoisotopic (exact) mass is 399 g/mol. The van der Waals surface area contributed by atoms with Crippen LogP contribution in [0.25, 0.3) is 11.1 Å². The van der Waals surface area contributed by atoms with Crippen LogP contribution in [0.3, 0.4) is 0 Å². The van der Waals surface area contributed by atoms with Crippen molar-refractivity contribution in [1.82, 2.24) is 4.90 Å². The Morgan fingerprint density at radius 3 is 1.93 bits per heavy atom. The van der Waals surface area contributed by atoms with Crippen molar-refractivity contribution in [3.8, 4) is 11.1 Å². The minimum absolute atomic E-state index is 0.270. The van der Waals surface area contributed by atoms with Gasteiger partial charge in [-0.25, -0.2) is 0 Å². The first-order valence-electron chi connectivity index (χ1n) is 10.9. The summed E-state index contributed by atoms with van der Waals surface area (Å²) in [7, 11) is 0. The molecule has 2 atom stereocenters. The van der Waals surface area contributed by atoms with Gasteiger partial charge < -0.3 is 9.84 Å². The summed E-state index contributed by atoms with van der Waals surface area (Å²) in [6.07, 6.45) is 2.22. The van der Waals surface area contributed by atoms with E-state index < -0.39 is 5.60 Å². The van der Waals surface area contributed by atoms with Crippen molar-refractivity contribution >= 4 is 0 Å². The Morgan fingerprint density at radius 1 is 0.733 bits per heavy atom. The first-order chi connectivity index (χ1) is 14.7. The van der Waals surface area contributed by atoms with Gasteiger partial charge in [0.05, 0.1) is 18.8 Å². The number of piperidine rings is 1. The summed E-state index contributed by atoms with van der Waals surface area (Å²) >= 11 is 0. The van der Waals surface area contributed by atoms with Crippen molar-refractivity contribution in [1.29, 1.82) is 0 Å². The Kier molecular flexibility index (Phi) is 5.43. The molecule has 5 rings (SSSR count). The number of fused-ring (bicyclic) bond motifs is 2. The highest BCUT2D eigenvalue weighted by Crippen LogP contribution is 2.37. The first-order valence-corrected chi connectivity index (χ1v) is 10.9. The second-order valence-corrected chi connectivity index (χ2v) is 8.88. The van der Waals surface area contributed by atoms with Crippen molar-refractivity contribution in [3.05, 3.63) is 96.1 Å². The lowest BCUT2D eigenvalue weighted by Crippen LogP contribution is -2.61. The van der Waals surface area contributed by atoms with E-state index in [1.807, 2.05) is 6.07 Å². The lowest BCUT2D eigenvalue weighted by molar-refractivity contribution is -0.145. The number of ether oxygens (including phenoxy) is 1. The van der Waals surface area contributed by atoms with Crippen LogP contribution in [0.15, 0.2) is 84.9 Å². The van der Waals surface area contributed by atoms with Gasteiger partial charge in [0.2, 0.25) is 0 Å². The van der Waals surface area contributed by atoms with Gasteiger partial charge in [-0.15, -0.1) is 0 Å². The van der Waals surface area contributed by atoms with Gasteiger partial charge in [-0.1, -0.05) is 84.9 Å². The van der Waals surface area contributed by atoms with Gasteiger partial charge >= 0.3 is 0 Å². The molecule has 0 radical (unpaired) electrons. The second-order valence-electron chi connectivity index (χ2n) is 8.88. The summed E-state index contributed by atoms with van der Waals surface area (Å²) in [6, 6.07) is 30.3. The van der Waals surface area contributed by atoms with Gasteiger partial charge in [0.15, 0.2) is 0 Å². The van der Waals surface area contributed by atoms with Gasteiger partial charge in [-0.05, 0) is 35.1 Å². The summed E-state index contributed by atoms with van der Waals surface area (Å²) in [5, 5.41) is 11.5. The molecule has 0 aromatic heterocycles.